The second kappa shape index (κ2) is 9.21. The number of anilines is 1. The van der Waals surface area contributed by atoms with E-state index >= 15 is 0 Å². The van der Waals surface area contributed by atoms with Crippen LogP contribution in [0.5, 0.6) is 0 Å². The second-order valence-corrected chi connectivity index (χ2v) is 8.89. The number of nitrogens with one attached hydrogen (secondary N) is 1. The minimum absolute atomic E-state index is 0.0829. The number of aromatic nitrogens is 2. The highest BCUT2D eigenvalue weighted by molar-refractivity contribution is 6.01. The van der Waals surface area contributed by atoms with Gasteiger partial charge in [0.05, 0.1) is 0 Å². The Balaban J connectivity index is 1.27. The first kappa shape index (κ1) is 22.6. The number of carbonyl (C=O) groups excluding carboxylic acids is 2. The summed E-state index contributed by atoms with van der Waals surface area (Å²) in [5, 5.41) is 19.2. The first-order valence-corrected chi connectivity index (χ1v) is 11.4. The molecule has 1 fully saturated rings. The number of hydrogen-bond donors (Lipinski definition) is 2. The number of amides is 2. The molecule has 1 aromatic heterocycles. The molecule has 2 aromatic carbocycles. The third kappa shape index (κ3) is 4.23. The maximum Gasteiger partial charge on any atom is 0.412 e. The largest absolute Gasteiger partial charge is 0.480 e. The Kier molecular flexibility index (Phi) is 5.94. The predicted octanol–water partition coefficient (Wildman–Crippen LogP) is 3.76. The number of nitrogens with zero attached hydrogens (tertiary/aromatic N) is 3. The molecule has 10 heteroatoms. The zero-order valence-corrected chi connectivity index (χ0v) is 19.0. The van der Waals surface area contributed by atoms with Gasteiger partial charge in [0.25, 0.3) is 5.91 Å². The van der Waals surface area contributed by atoms with Gasteiger partial charge < -0.3 is 14.7 Å². The maximum atomic E-state index is 13.0. The zero-order valence-electron chi connectivity index (χ0n) is 19.0. The minimum Gasteiger partial charge on any atom is -0.480 e. The van der Waals surface area contributed by atoms with Gasteiger partial charge in [-0.05, 0) is 51.3 Å². The SMILES string of the molecule is CC1CCN(C(=O)c2nonc2NC(=O)OCC2c3ccccc3-c3ccccc32)C(C(=O)O)C1. The summed E-state index contributed by atoms with van der Waals surface area (Å²) in [5.41, 5.74) is 4.09. The monoisotopic (exact) mass is 476 g/mol. The molecule has 10 nitrogen and oxygen atoms in total. The summed E-state index contributed by atoms with van der Waals surface area (Å²) in [5.74, 6) is -1.92. The van der Waals surface area contributed by atoms with Crippen LogP contribution in [-0.2, 0) is 9.53 Å². The van der Waals surface area contributed by atoms with Gasteiger partial charge in [0.15, 0.2) is 0 Å². The number of carbonyl (C=O) groups is 3. The first-order chi connectivity index (χ1) is 16.9. The lowest BCUT2D eigenvalue weighted by molar-refractivity contribution is -0.144. The molecular formula is C25H24N4O6. The van der Waals surface area contributed by atoms with E-state index in [1.807, 2.05) is 55.5 Å². The van der Waals surface area contributed by atoms with E-state index in [9.17, 15) is 19.5 Å². The summed E-state index contributed by atoms with van der Waals surface area (Å²) in [4.78, 5) is 38.5. The molecule has 5 rings (SSSR count). The summed E-state index contributed by atoms with van der Waals surface area (Å²) < 4.78 is 10.2. The summed E-state index contributed by atoms with van der Waals surface area (Å²) in [6, 6.07) is 15.0. The van der Waals surface area contributed by atoms with Crippen molar-refractivity contribution in [3.8, 4) is 11.1 Å². The molecule has 0 bridgehead atoms. The Morgan fingerprint density at radius 2 is 1.74 bits per heavy atom. The van der Waals surface area contributed by atoms with Crippen molar-refractivity contribution in [2.24, 2.45) is 5.92 Å². The number of carboxylic acids is 1. The van der Waals surface area contributed by atoms with Gasteiger partial charge in [-0.2, -0.15) is 0 Å². The average Bonchev–Trinajstić information content (AvgIpc) is 3.44. The van der Waals surface area contributed by atoms with Gasteiger partial charge in [-0.15, -0.1) is 0 Å². The van der Waals surface area contributed by atoms with E-state index in [4.69, 9.17) is 4.74 Å². The lowest BCUT2D eigenvalue weighted by atomic mass is 9.92. The smallest absolute Gasteiger partial charge is 0.412 e. The number of rotatable bonds is 5. The Hall–Kier alpha value is -4.21. The van der Waals surface area contributed by atoms with Crippen molar-refractivity contribution in [3.63, 3.8) is 0 Å². The van der Waals surface area contributed by atoms with Crippen molar-refractivity contribution in [2.45, 2.75) is 31.7 Å². The maximum absolute atomic E-state index is 13.0. The highest BCUT2D eigenvalue weighted by Gasteiger charge is 2.38. The molecule has 2 atom stereocenters. The molecule has 2 N–H and O–H groups in total. The number of hydrogen-bond acceptors (Lipinski definition) is 7. The number of likely N-dealkylation sites (tertiary alicyclic amines) is 1. The van der Waals surface area contributed by atoms with Crippen molar-refractivity contribution in [1.29, 1.82) is 0 Å². The van der Waals surface area contributed by atoms with Crippen molar-refractivity contribution in [3.05, 3.63) is 65.4 Å². The lowest BCUT2D eigenvalue weighted by Crippen LogP contribution is -2.50. The third-order valence-corrected chi connectivity index (χ3v) is 6.67. The third-order valence-electron chi connectivity index (χ3n) is 6.67. The molecule has 3 aromatic rings. The molecular weight excluding hydrogens is 452 g/mol. The van der Waals surface area contributed by atoms with E-state index in [1.54, 1.807) is 0 Å². The van der Waals surface area contributed by atoms with E-state index in [1.165, 1.54) is 4.90 Å². The van der Waals surface area contributed by atoms with Gasteiger partial charge in [0.1, 0.15) is 12.6 Å². The molecule has 2 unspecified atom stereocenters. The quantitative estimate of drug-likeness (QED) is 0.568. The topological polar surface area (TPSA) is 135 Å². The van der Waals surface area contributed by atoms with Crippen LogP contribution in [-0.4, -0.2) is 57.5 Å². The Labute approximate surface area is 200 Å². The summed E-state index contributed by atoms with van der Waals surface area (Å²) >= 11 is 0. The molecule has 1 saturated heterocycles. The first-order valence-electron chi connectivity index (χ1n) is 11.4. The van der Waals surface area contributed by atoms with Crippen molar-refractivity contribution < 1.29 is 28.9 Å². The van der Waals surface area contributed by atoms with Crippen LogP contribution in [0.15, 0.2) is 53.2 Å². The van der Waals surface area contributed by atoms with Gasteiger partial charge in [0, 0.05) is 12.5 Å². The molecule has 1 aliphatic heterocycles. The number of ether oxygens (including phenoxy) is 1. The second-order valence-electron chi connectivity index (χ2n) is 8.89. The normalized spacial score (nSPS) is 19.1. The molecule has 2 amide bonds. The molecule has 35 heavy (non-hydrogen) atoms. The molecule has 0 saturated carbocycles. The van der Waals surface area contributed by atoms with Crippen LogP contribution < -0.4 is 5.32 Å². The van der Waals surface area contributed by atoms with Gasteiger partial charge in [0.2, 0.25) is 11.5 Å². The number of aliphatic carboxylic acids is 1. The van der Waals surface area contributed by atoms with Gasteiger partial charge in [-0.3, -0.25) is 10.1 Å². The van der Waals surface area contributed by atoms with Crippen LogP contribution in [0.25, 0.3) is 11.1 Å². The molecule has 1 aliphatic carbocycles. The predicted molar refractivity (Wildman–Crippen MR) is 124 cm³/mol. The standard InChI is InChI=1S/C25H24N4O6/c1-14-10-11-29(20(12-14)24(31)32)23(30)21-22(28-35-27-21)26-25(33)34-13-19-17-8-4-2-6-15(17)16-7-3-5-9-18(16)19/h2-9,14,19-20H,10-13H2,1H3,(H,31,32)(H,26,28,33). The number of piperidine rings is 1. The van der Waals surface area contributed by atoms with Crippen LogP contribution in [0.2, 0.25) is 0 Å². The van der Waals surface area contributed by atoms with Crippen LogP contribution in [0.3, 0.4) is 0 Å². The van der Waals surface area contributed by atoms with E-state index in [2.05, 4.69) is 20.3 Å². The van der Waals surface area contributed by atoms with Crippen LogP contribution in [0.1, 0.15) is 47.3 Å². The van der Waals surface area contributed by atoms with Crippen molar-refractivity contribution in [2.75, 3.05) is 18.5 Å². The van der Waals surface area contributed by atoms with Crippen LogP contribution in [0, 0.1) is 5.92 Å². The summed E-state index contributed by atoms with van der Waals surface area (Å²) in [7, 11) is 0. The average molecular weight is 476 g/mol. The lowest BCUT2D eigenvalue weighted by Gasteiger charge is -2.35. The minimum atomic E-state index is -1.09. The van der Waals surface area contributed by atoms with E-state index in [-0.39, 0.29) is 36.5 Å². The zero-order chi connectivity index (χ0) is 24.5. The van der Waals surface area contributed by atoms with E-state index < -0.39 is 24.0 Å². The Morgan fingerprint density at radius 1 is 1.09 bits per heavy atom. The van der Waals surface area contributed by atoms with Gasteiger partial charge >= 0.3 is 12.1 Å². The highest BCUT2D eigenvalue weighted by Crippen LogP contribution is 2.44. The molecule has 0 spiro atoms. The van der Waals surface area contributed by atoms with Crippen molar-refractivity contribution in [1.82, 2.24) is 15.2 Å². The Morgan fingerprint density at radius 3 is 2.40 bits per heavy atom. The number of benzene rings is 2. The Bertz CT molecular complexity index is 1240. The van der Waals surface area contributed by atoms with Gasteiger partial charge in [-0.1, -0.05) is 55.5 Å². The molecule has 0 radical (unpaired) electrons. The molecule has 2 aliphatic rings. The highest BCUT2D eigenvalue weighted by atomic mass is 16.6. The van der Waals surface area contributed by atoms with E-state index in [0.29, 0.717) is 12.8 Å². The fourth-order valence-corrected chi connectivity index (χ4v) is 4.90. The summed E-state index contributed by atoms with van der Waals surface area (Å²) in [6.07, 6.45) is 0.177. The summed E-state index contributed by atoms with van der Waals surface area (Å²) in [6.45, 7) is 2.28. The van der Waals surface area contributed by atoms with Crippen LogP contribution >= 0.6 is 0 Å². The fourth-order valence-electron chi connectivity index (χ4n) is 4.90. The van der Waals surface area contributed by atoms with E-state index in [0.717, 1.165) is 22.3 Å². The number of fused-ring (bicyclic) bond motifs is 3. The van der Waals surface area contributed by atoms with Gasteiger partial charge in [-0.25, -0.2) is 14.2 Å². The number of carboxylic acid groups (broad SMARTS) is 1. The molecule has 180 valence electrons. The fraction of sp³-hybridized carbons (Fsp3) is 0.320. The molecule has 2 heterocycles. The van der Waals surface area contributed by atoms with Crippen LogP contribution in [0.4, 0.5) is 10.6 Å². The van der Waals surface area contributed by atoms with Crippen molar-refractivity contribution >= 4 is 23.8 Å².